The van der Waals surface area contributed by atoms with Gasteiger partial charge in [-0.15, -0.1) is 0 Å². The lowest BCUT2D eigenvalue weighted by atomic mass is 9.94. The number of rotatable bonds is 7. The zero-order valence-corrected chi connectivity index (χ0v) is 21.3. The van der Waals surface area contributed by atoms with Gasteiger partial charge in [0.15, 0.2) is 0 Å². The van der Waals surface area contributed by atoms with E-state index in [1.807, 2.05) is 26.0 Å². The van der Waals surface area contributed by atoms with Crippen LogP contribution < -0.4 is 4.74 Å². The number of carbonyl (C=O) groups excluding carboxylic acids is 1. The van der Waals surface area contributed by atoms with E-state index in [2.05, 4.69) is 19.9 Å². The van der Waals surface area contributed by atoms with E-state index in [4.69, 9.17) is 10.00 Å². The summed E-state index contributed by atoms with van der Waals surface area (Å²) in [5.74, 6) is 0.487. The van der Waals surface area contributed by atoms with Crippen LogP contribution in [0.2, 0.25) is 0 Å². The SMILES string of the molecule is CCN(C(=O)c1ccc(OC)c(S(=O)(=O)N2CC(C)CC(C)C2)c1)C(C)c1ccc(C#N)cc1. The molecule has 1 aliphatic rings. The molecule has 1 amide bonds. The van der Waals surface area contributed by atoms with Crippen LogP contribution in [-0.2, 0) is 10.0 Å². The largest absolute Gasteiger partial charge is 0.495 e. The average molecular weight is 484 g/mol. The van der Waals surface area contributed by atoms with Gasteiger partial charge in [-0.25, -0.2) is 8.42 Å². The number of methoxy groups -OCH3 is 1. The van der Waals surface area contributed by atoms with Gasteiger partial charge in [0.05, 0.1) is 24.8 Å². The molecule has 0 spiro atoms. The Bertz CT molecular complexity index is 1160. The average Bonchev–Trinajstić information content (AvgIpc) is 2.83. The van der Waals surface area contributed by atoms with Crippen molar-refractivity contribution in [2.45, 2.75) is 45.1 Å². The number of piperidine rings is 1. The zero-order chi connectivity index (χ0) is 25.0. The lowest BCUT2D eigenvalue weighted by molar-refractivity contribution is 0.0702. The summed E-state index contributed by atoms with van der Waals surface area (Å²) in [4.78, 5) is 15.2. The Balaban J connectivity index is 1.95. The first-order valence-electron chi connectivity index (χ1n) is 11.6. The van der Waals surface area contributed by atoms with Crippen molar-refractivity contribution in [3.05, 3.63) is 59.2 Å². The Morgan fingerprint density at radius 3 is 2.32 bits per heavy atom. The van der Waals surface area contributed by atoms with Gasteiger partial charge in [-0.1, -0.05) is 26.0 Å². The zero-order valence-electron chi connectivity index (χ0n) is 20.5. The first kappa shape index (κ1) is 25.7. The molecule has 2 aromatic rings. The number of benzene rings is 2. The minimum absolute atomic E-state index is 0.0178. The van der Waals surface area contributed by atoms with Gasteiger partial charge in [0.2, 0.25) is 10.0 Å². The van der Waals surface area contributed by atoms with Gasteiger partial charge in [0, 0.05) is 25.2 Å². The van der Waals surface area contributed by atoms with Crippen LogP contribution in [0.4, 0.5) is 0 Å². The van der Waals surface area contributed by atoms with E-state index in [9.17, 15) is 13.2 Å². The molecule has 34 heavy (non-hydrogen) atoms. The lowest BCUT2D eigenvalue weighted by Crippen LogP contribution is -2.42. The maximum Gasteiger partial charge on any atom is 0.254 e. The monoisotopic (exact) mass is 483 g/mol. The molecule has 0 bridgehead atoms. The molecule has 3 atom stereocenters. The molecule has 0 aromatic heterocycles. The Morgan fingerprint density at radius 2 is 1.79 bits per heavy atom. The maximum atomic E-state index is 13.6. The highest BCUT2D eigenvalue weighted by Crippen LogP contribution is 2.33. The van der Waals surface area contributed by atoms with Crippen molar-refractivity contribution in [3.63, 3.8) is 0 Å². The highest BCUT2D eigenvalue weighted by Gasteiger charge is 2.34. The van der Waals surface area contributed by atoms with Gasteiger partial charge < -0.3 is 9.64 Å². The molecule has 0 N–H and O–H groups in total. The highest BCUT2D eigenvalue weighted by atomic mass is 32.2. The number of amides is 1. The molecule has 2 aromatic carbocycles. The third-order valence-corrected chi connectivity index (χ3v) is 8.31. The third kappa shape index (κ3) is 5.26. The lowest BCUT2D eigenvalue weighted by Gasteiger charge is -2.34. The van der Waals surface area contributed by atoms with Crippen molar-refractivity contribution in [1.29, 1.82) is 5.26 Å². The first-order valence-corrected chi connectivity index (χ1v) is 13.1. The number of sulfonamides is 1. The van der Waals surface area contributed by atoms with Gasteiger partial charge in [-0.3, -0.25) is 4.79 Å². The molecular formula is C26H33N3O4S. The van der Waals surface area contributed by atoms with Crippen LogP contribution in [0.25, 0.3) is 0 Å². The van der Waals surface area contributed by atoms with Crippen molar-refractivity contribution >= 4 is 15.9 Å². The van der Waals surface area contributed by atoms with E-state index in [1.165, 1.54) is 17.5 Å². The number of nitriles is 1. The standard InChI is InChI=1S/C26H33N3O4S/c1-6-29(20(4)22-9-7-21(15-27)8-10-22)26(30)23-11-12-24(33-5)25(14-23)34(31,32)28-16-18(2)13-19(3)17-28/h7-12,14,18-20H,6,13,16-17H2,1-5H3. The Hall–Kier alpha value is -2.89. The highest BCUT2D eigenvalue weighted by molar-refractivity contribution is 7.89. The van der Waals surface area contributed by atoms with E-state index < -0.39 is 10.0 Å². The predicted octanol–water partition coefficient (Wildman–Crippen LogP) is 4.46. The molecule has 0 saturated carbocycles. The molecule has 3 rings (SSSR count). The summed E-state index contributed by atoms with van der Waals surface area (Å²) in [5, 5.41) is 9.04. The van der Waals surface area contributed by atoms with Crippen LogP contribution >= 0.6 is 0 Å². The first-order chi connectivity index (χ1) is 16.1. The number of carbonyl (C=O) groups is 1. The van der Waals surface area contributed by atoms with Gasteiger partial charge >= 0.3 is 0 Å². The smallest absolute Gasteiger partial charge is 0.254 e. The summed E-state index contributed by atoms with van der Waals surface area (Å²) in [6.07, 6.45) is 0.986. The normalized spacial score (nSPS) is 19.8. The summed E-state index contributed by atoms with van der Waals surface area (Å²) in [7, 11) is -2.40. The quantitative estimate of drug-likeness (QED) is 0.580. The number of hydrogen-bond donors (Lipinski definition) is 0. The molecule has 1 fully saturated rings. The second kappa shape index (κ2) is 10.6. The minimum atomic E-state index is -3.83. The summed E-state index contributed by atoms with van der Waals surface area (Å²) in [5.41, 5.74) is 1.74. The fourth-order valence-electron chi connectivity index (χ4n) is 4.73. The van der Waals surface area contributed by atoms with E-state index in [-0.39, 0.29) is 34.4 Å². The van der Waals surface area contributed by atoms with Crippen molar-refractivity contribution in [2.75, 3.05) is 26.7 Å². The third-order valence-electron chi connectivity index (χ3n) is 6.46. The van der Waals surface area contributed by atoms with Crippen LogP contribution in [0.15, 0.2) is 47.4 Å². The number of ether oxygens (including phenoxy) is 1. The van der Waals surface area contributed by atoms with Gasteiger partial charge in [0.25, 0.3) is 5.91 Å². The maximum absolute atomic E-state index is 13.6. The fourth-order valence-corrected chi connectivity index (χ4v) is 6.59. The second-order valence-electron chi connectivity index (χ2n) is 9.13. The van der Waals surface area contributed by atoms with E-state index in [0.717, 1.165) is 12.0 Å². The van der Waals surface area contributed by atoms with Crippen molar-refractivity contribution in [1.82, 2.24) is 9.21 Å². The van der Waals surface area contributed by atoms with Crippen molar-refractivity contribution < 1.29 is 17.9 Å². The Kier molecular flexibility index (Phi) is 8.01. The topological polar surface area (TPSA) is 90.7 Å². The van der Waals surface area contributed by atoms with Gasteiger partial charge in [-0.05, 0) is 68.0 Å². The van der Waals surface area contributed by atoms with Gasteiger partial charge in [0.1, 0.15) is 10.6 Å². The molecule has 182 valence electrons. The molecule has 1 aliphatic heterocycles. The number of hydrogen-bond acceptors (Lipinski definition) is 5. The van der Waals surface area contributed by atoms with Crippen molar-refractivity contribution in [2.24, 2.45) is 11.8 Å². The molecule has 0 aliphatic carbocycles. The van der Waals surface area contributed by atoms with Crippen LogP contribution in [0.1, 0.15) is 61.6 Å². The summed E-state index contributed by atoms with van der Waals surface area (Å²) < 4.78 is 34.1. The van der Waals surface area contributed by atoms with Crippen LogP contribution in [-0.4, -0.2) is 50.3 Å². The van der Waals surface area contributed by atoms with Gasteiger partial charge in [-0.2, -0.15) is 9.57 Å². The molecule has 3 unspecified atom stereocenters. The molecule has 0 radical (unpaired) electrons. The Labute approximate surface area is 203 Å². The summed E-state index contributed by atoms with van der Waals surface area (Å²) in [6, 6.07) is 13.6. The van der Waals surface area contributed by atoms with Crippen LogP contribution in [0.3, 0.4) is 0 Å². The summed E-state index contributed by atoms with van der Waals surface area (Å²) >= 11 is 0. The molecular weight excluding hydrogens is 450 g/mol. The Morgan fingerprint density at radius 1 is 1.18 bits per heavy atom. The van der Waals surface area contributed by atoms with E-state index in [0.29, 0.717) is 30.8 Å². The molecule has 1 heterocycles. The number of nitrogens with zero attached hydrogens (tertiary/aromatic N) is 3. The fraction of sp³-hybridized carbons (Fsp3) is 0.462. The van der Waals surface area contributed by atoms with Crippen molar-refractivity contribution in [3.8, 4) is 11.8 Å². The molecule has 7 nitrogen and oxygen atoms in total. The van der Waals surface area contributed by atoms with E-state index >= 15 is 0 Å². The summed E-state index contributed by atoms with van der Waals surface area (Å²) in [6.45, 7) is 9.25. The predicted molar refractivity (Wildman–Crippen MR) is 131 cm³/mol. The second-order valence-corrected chi connectivity index (χ2v) is 11.0. The molecule has 8 heteroatoms. The van der Waals surface area contributed by atoms with E-state index in [1.54, 1.807) is 29.2 Å². The van der Waals surface area contributed by atoms with Crippen LogP contribution in [0, 0.1) is 23.2 Å². The minimum Gasteiger partial charge on any atom is -0.495 e. The molecule has 1 saturated heterocycles. The van der Waals surface area contributed by atoms with Crippen LogP contribution in [0.5, 0.6) is 5.75 Å².